The van der Waals surface area contributed by atoms with Crippen molar-refractivity contribution in [3.05, 3.63) is 77.2 Å². The summed E-state index contributed by atoms with van der Waals surface area (Å²) in [5.74, 6) is -0.120. The van der Waals surface area contributed by atoms with Gasteiger partial charge >= 0.3 is 0 Å². The first-order valence-corrected chi connectivity index (χ1v) is 12.6. The first kappa shape index (κ1) is 25.1. The maximum absolute atomic E-state index is 13.1. The smallest absolute Gasteiger partial charge is 0.246 e. The van der Waals surface area contributed by atoms with Crippen molar-refractivity contribution in [1.82, 2.24) is 19.3 Å². The zero-order chi connectivity index (χ0) is 24.8. The Bertz CT molecular complexity index is 1160. The van der Waals surface area contributed by atoms with Gasteiger partial charge in [-0.15, -0.1) is 0 Å². The van der Waals surface area contributed by atoms with Crippen LogP contribution >= 0.6 is 0 Å². The highest BCUT2D eigenvalue weighted by atomic mass is 19.1. The van der Waals surface area contributed by atoms with E-state index in [9.17, 15) is 9.18 Å². The van der Waals surface area contributed by atoms with Gasteiger partial charge in [-0.05, 0) is 70.2 Å². The number of hydrogen-bond acceptors (Lipinski definition) is 3. The van der Waals surface area contributed by atoms with Gasteiger partial charge < -0.3 is 14.4 Å². The summed E-state index contributed by atoms with van der Waals surface area (Å²) in [5.41, 5.74) is 4.71. The van der Waals surface area contributed by atoms with Crippen LogP contribution in [-0.2, 0) is 17.8 Å². The SMILES string of the molecule is Cc1c(C=CC(=O)N2CCN(CCc3ccc(F)cc3)CC2)c2ccccc2n1CCCN(C)C. The molecule has 4 rings (SSSR count). The molecule has 1 saturated heterocycles. The fourth-order valence-electron chi connectivity index (χ4n) is 4.89. The van der Waals surface area contributed by atoms with E-state index >= 15 is 0 Å². The summed E-state index contributed by atoms with van der Waals surface area (Å²) in [6.45, 7) is 8.29. The Balaban J connectivity index is 1.35. The molecule has 2 heterocycles. The molecule has 2 aromatic carbocycles. The molecule has 0 N–H and O–H groups in total. The second-order valence-electron chi connectivity index (χ2n) is 9.70. The van der Waals surface area contributed by atoms with Crippen LogP contribution in [0.1, 0.15) is 23.2 Å². The van der Waals surface area contributed by atoms with Crippen LogP contribution in [-0.4, -0.2) is 78.5 Å². The van der Waals surface area contributed by atoms with Crippen LogP contribution in [0.2, 0.25) is 0 Å². The summed E-state index contributed by atoms with van der Waals surface area (Å²) in [6, 6.07) is 15.2. The molecule has 3 aromatic rings. The lowest BCUT2D eigenvalue weighted by atomic mass is 10.1. The van der Waals surface area contributed by atoms with Crippen molar-refractivity contribution >= 4 is 22.9 Å². The second-order valence-corrected chi connectivity index (χ2v) is 9.70. The van der Waals surface area contributed by atoms with Crippen molar-refractivity contribution in [2.75, 3.05) is 53.4 Å². The van der Waals surface area contributed by atoms with Crippen LogP contribution in [0.5, 0.6) is 0 Å². The molecule has 1 aliphatic rings. The van der Waals surface area contributed by atoms with Crippen molar-refractivity contribution in [2.24, 2.45) is 0 Å². The first-order valence-electron chi connectivity index (χ1n) is 12.6. The summed E-state index contributed by atoms with van der Waals surface area (Å²) in [7, 11) is 4.21. The van der Waals surface area contributed by atoms with Gasteiger partial charge in [-0.1, -0.05) is 30.3 Å². The first-order chi connectivity index (χ1) is 16.9. The van der Waals surface area contributed by atoms with E-state index in [1.165, 1.54) is 28.7 Å². The van der Waals surface area contributed by atoms with E-state index in [2.05, 4.69) is 59.7 Å². The maximum Gasteiger partial charge on any atom is 0.246 e. The Morgan fingerprint density at radius 3 is 2.43 bits per heavy atom. The molecular formula is C29H37FN4O. The molecule has 6 heteroatoms. The molecule has 0 spiro atoms. The van der Waals surface area contributed by atoms with Crippen LogP contribution in [0.4, 0.5) is 4.39 Å². The normalized spacial score (nSPS) is 15.1. The number of piperazine rings is 1. The number of nitrogens with zero attached hydrogens (tertiary/aromatic N) is 4. The van der Waals surface area contributed by atoms with Gasteiger partial charge in [-0.25, -0.2) is 4.39 Å². The van der Waals surface area contributed by atoms with Crippen molar-refractivity contribution in [2.45, 2.75) is 26.3 Å². The summed E-state index contributed by atoms with van der Waals surface area (Å²) in [5, 5.41) is 1.20. The monoisotopic (exact) mass is 476 g/mol. The molecule has 0 radical (unpaired) electrons. The zero-order valence-electron chi connectivity index (χ0n) is 21.2. The number of para-hydroxylation sites is 1. The van der Waals surface area contributed by atoms with Gasteiger partial charge in [0, 0.05) is 67.5 Å². The lowest BCUT2D eigenvalue weighted by Crippen LogP contribution is -2.48. The molecule has 0 aliphatic carbocycles. The van der Waals surface area contributed by atoms with Gasteiger partial charge in [-0.3, -0.25) is 9.69 Å². The van der Waals surface area contributed by atoms with E-state index in [1.807, 2.05) is 23.1 Å². The third-order valence-electron chi connectivity index (χ3n) is 6.97. The van der Waals surface area contributed by atoms with Gasteiger partial charge in [0.1, 0.15) is 5.82 Å². The predicted molar refractivity (Wildman–Crippen MR) is 142 cm³/mol. The molecule has 0 saturated carbocycles. The third kappa shape index (κ3) is 6.38. The van der Waals surface area contributed by atoms with Crippen molar-refractivity contribution in [3.8, 4) is 0 Å². The Morgan fingerprint density at radius 2 is 1.71 bits per heavy atom. The number of aromatic nitrogens is 1. The second kappa shape index (κ2) is 11.6. The van der Waals surface area contributed by atoms with Crippen LogP contribution in [0.25, 0.3) is 17.0 Å². The molecular weight excluding hydrogens is 439 g/mol. The number of benzene rings is 2. The number of fused-ring (bicyclic) bond motifs is 1. The average molecular weight is 477 g/mol. The predicted octanol–water partition coefficient (Wildman–Crippen LogP) is 4.44. The van der Waals surface area contributed by atoms with Crippen LogP contribution in [0, 0.1) is 12.7 Å². The van der Waals surface area contributed by atoms with E-state index in [1.54, 1.807) is 6.08 Å². The maximum atomic E-state index is 13.1. The zero-order valence-corrected chi connectivity index (χ0v) is 21.2. The van der Waals surface area contributed by atoms with Gasteiger partial charge in [0.05, 0.1) is 0 Å². The Morgan fingerprint density at radius 1 is 1.00 bits per heavy atom. The molecule has 1 fully saturated rings. The number of amides is 1. The molecule has 1 aliphatic heterocycles. The standard InChI is InChI=1S/C29H37FN4O/c1-23-26(27-7-4-5-8-28(27)34(23)17-6-16-31(2)3)13-14-29(35)33-21-19-32(20-22-33)18-15-24-9-11-25(30)12-10-24/h4-5,7-14H,6,15-22H2,1-3H3. The average Bonchev–Trinajstić information content (AvgIpc) is 3.13. The van der Waals surface area contributed by atoms with E-state index in [0.717, 1.165) is 69.8 Å². The fraction of sp³-hybridized carbons (Fsp3) is 0.414. The number of halogens is 1. The van der Waals surface area contributed by atoms with Crippen LogP contribution in [0.3, 0.4) is 0 Å². The minimum Gasteiger partial charge on any atom is -0.344 e. The molecule has 0 atom stereocenters. The summed E-state index contributed by atoms with van der Waals surface area (Å²) >= 11 is 0. The highest BCUT2D eigenvalue weighted by molar-refractivity contribution is 5.97. The van der Waals surface area contributed by atoms with E-state index in [0.29, 0.717) is 0 Å². The summed E-state index contributed by atoms with van der Waals surface area (Å²) in [6.07, 6.45) is 5.72. The Labute approximate surface area is 208 Å². The van der Waals surface area contributed by atoms with Crippen molar-refractivity contribution in [1.29, 1.82) is 0 Å². The third-order valence-corrected chi connectivity index (χ3v) is 6.97. The van der Waals surface area contributed by atoms with E-state index in [4.69, 9.17) is 0 Å². The fourth-order valence-corrected chi connectivity index (χ4v) is 4.89. The topological polar surface area (TPSA) is 31.7 Å². The summed E-state index contributed by atoms with van der Waals surface area (Å²) in [4.78, 5) is 19.5. The number of hydrogen-bond donors (Lipinski definition) is 0. The minimum absolute atomic E-state index is 0.0759. The number of rotatable bonds is 9. The number of aryl methyl sites for hydroxylation is 1. The van der Waals surface area contributed by atoms with Gasteiger partial charge in [0.25, 0.3) is 0 Å². The number of carbonyl (C=O) groups excluding carboxylic acids is 1. The van der Waals surface area contributed by atoms with Gasteiger partial charge in [0.15, 0.2) is 0 Å². The van der Waals surface area contributed by atoms with Crippen LogP contribution in [0.15, 0.2) is 54.6 Å². The van der Waals surface area contributed by atoms with Gasteiger partial charge in [0.2, 0.25) is 5.91 Å². The van der Waals surface area contributed by atoms with E-state index < -0.39 is 0 Å². The molecule has 0 bridgehead atoms. The molecule has 35 heavy (non-hydrogen) atoms. The Hall–Kier alpha value is -2.96. The van der Waals surface area contributed by atoms with Crippen LogP contribution < -0.4 is 0 Å². The lowest BCUT2D eigenvalue weighted by molar-refractivity contribution is -0.127. The van der Waals surface area contributed by atoms with Crippen molar-refractivity contribution < 1.29 is 9.18 Å². The highest BCUT2D eigenvalue weighted by Crippen LogP contribution is 2.27. The molecule has 1 aromatic heterocycles. The Kier molecular flexibility index (Phi) is 8.37. The lowest BCUT2D eigenvalue weighted by Gasteiger charge is -2.34. The summed E-state index contributed by atoms with van der Waals surface area (Å²) < 4.78 is 15.5. The quantitative estimate of drug-likeness (QED) is 0.428. The number of carbonyl (C=O) groups is 1. The highest BCUT2D eigenvalue weighted by Gasteiger charge is 2.20. The van der Waals surface area contributed by atoms with Gasteiger partial charge in [-0.2, -0.15) is 0 Å². The van der Waals surface area contributed by atoms with Crippen molar-refractivity contribution in [3.63, 3.8) is 0 Å². The molecule has 5 nitrogen and oxygen atoms in total. The van der Waals surface area contributed by atoms with E-state index in [-0.39, 0.29) is 11.7 Å². The largest absolute Gasteiger partial charge is 0.344 e. The molecule has 1 amide bonds. The molecule has 186 valence electrons. The minimum atomic E-state index is -0.196. The molecule has 0 unspecified atom stereocenters.